The van der Waals surface area contributed by atoms with E-state index in [1.165, 1.54) is 12.1 Å². The number of hydrogen-bond donors (Lipinski definition) is 1. The summed E-state index contributed by atoms with van der Waals surface area (Å²) in [4.78, 5) is 22.4. The van der Waals surface area contributed by atoms with Crippen LogP contribution in [-0.2, 0) is 14.8 Å². The molecule has 0 unspecified atom stereocenters. The van der Waals surface area contributed by atoms with Gasteiger partial charge in [0, 0.05) is 0 Å². The topological polar surface area (TPSA) is 83.6 Å². The lowest BCUT2D eigenvalue weighted by Gasteiger charge is -2.37. The predicted molar refractivity (Wildman–Crippen MR) is 63.1 cm³/mol. The second-order valence-electron chi connectivity index (χ2n) is 4.62. The Morgan fingerprint density at radius 1 is 1.20 bits per heavy atom. The van der Waals surface area contributed by atoms with Crippen molar-refractivity contribution in [1.82, 2.24) is 4.31 Å². The second kappa shape index (κ2) is 3.83. The fraction of sp³-hybridized carbons (Fsp3) is 0.273. The van der Waals surface area contributed by atoms with Crippen LogP contribution in [0.15, 0.2) is 23.1 Å². The summed E-state index contributed by atoms with van der Waals surface area (Å²) < 4.78 is 50.3. The number of ketones is 1. The summed E-state index contributed by atoms with van der Waals surface area (Å²) in [6.45, 7) is -1.75. The zero-order valence-corrected chi connectivity index (χ0v) is 10.7. The molecule has 1 saturated heterocycles. The van der Waals surface area contributed by atoms with Crippen molar-refractivity contribution in [2.24, 2.45) is 0 Å². The van der Waals surface area contributed by atoms with Crippen LogP contribution in [0.3, 0.4) is 0 Å². The fourth-order valence-corrected chi connectivity index (χ4v) is 3.59. The number of sulfonamides is 1. The smallest absolute Gasteiger partial charge is 0.296 e. The van der Waals surface area contributed by atoms with Crippen LogP contribution in [0.1, 0.15) is 10.4 Å². The number of halogens is 2. The number of fused-ring (bicyclic) bond motifs is 1. The Kier molecular flexibility index (Phi) is 2.51. The highest BCUT2D eigenvalue weighted by atomic mass is 32.2. The first-order chi connectivity index (χ1) is 9.21. The molecular weight excluding hydrogens is 294 g/mol. The lowest BCUT2D eigenvalue weighted by Crippen LogP contribution is -2.58. The van der Waals surface area contributed by atoms with Crippen LogP contribution in [0.5, 0.6) is 0 Å². The number of anilines is 1. The number of rotatable bonds is 2. The molecule has 20 heavy (non-hydrogen) atoms. The lowest BCUT2D eigenvalue weighted by molar-refractivity contribution is -0.112. The van der Waals surface area contributed by atoms with E-state index >= 15 is 0 Å². The van der Waals surface area contributed by atoms with E-state index in [2.05, 4.69) is 5.32 Å². The summed E-state index contributed by atoms with van der Waals surface area (Å²) in [5.74, 6) is -4.70. The van der Waals surface area contributed by atoms with E-state index in [9.17, 15) is 26.8 Å². The molecule has 6 nitrogen and oxygen atoms in total. The van der Waals surface area contributed by atoms with Crippen molar-refractivity contribution in [1.29, 1.82) is 0 Å². The quantitative estimate of drug-likeness (QED) is 0.805. The molecular formula is C11H8F2N2O4S. The number of alkyl halides is 2. The molecule has 1 amide bonds. The van der Waals surface area contributed by atoms with Crippen LogP contribution in [0.25, 0.3) is 0 Å². The van der Waals surface area contributed by atoms with Crippen molar-refractivity contribution in [3.05, 3.63) is 23.8 Å². The molecule has 1 aromatic carbocycles. The molecule has 0 atom stereocenters. The van der Waals surface area contributed by atoms with Gasteiger partial charge < -0.3 is 5.32 Å². The molecule has 1 fully saturated rings. The molecule has 2 aliphatic rings. The van der Waals surface area contributed by atoms with Crippen LogP contribution >= 0.6 is 0 Å². The summed E-state index contributed by atoms with van der Waals surface area (Å²) in [6.07, 6.45) is 0. The Morgan fingerprint density at radius 3 is 2.45 bits per heavy atom. The number of Topliss-reactive ketones (excluding diaryl/α,β-unsaturated/α-hetero) is 1. The van der Waals surface area contributed by atoms with Gasteiger partial charge in [0.15, 0.2) is 0 Å². The Morgan fingerprint density at radius 2 is 1.85 bits per heavy atom. The molecule has 1 aromatic rings. The van der Waals surface area contributed by atoms with Gasteiger partial charge in [-0.05, 0) is 18.2 Å². The van der Waals surface area contributed by atoms with Crippen molar-refractivity contribution in [3.63, 3.8) is 0 Å². The maximum Gasteiger partial charge on any atom is 0.296 e. The van der Waals surface area contributed by atoms with Gasteiger partial charge in [-0.2, -0.15) is 4.31 Å². The van der Waals surface area contributed by atoms with Crippen LogP contribution in [-0.4, -0.2) is 43.4 Å². The first-order valence-corrected chi connectivity index (χ1v) is 7.02. The SMILES string of the molecule is O=C1Nc2ccc(S(=O)(=O)N3CC(F)(F)C3)cc2C1=O. The van der Waals surface area contributed by atoms with Gasteiger partial charge in [-0.1, -0.05) is 0 Å². The number of hydrogen-bond acceptors (Lipinski definition) is 4. The molecule has 0 bridgehead atoms. The van der Waals surface area contributed by atoms with E-state index in [0.717, 1.165) is 6.07 Å². The molecule has 2 heterocycles. The summed E-state index contributed by atoms with van der Waals surface area (Å²) in [5, 5.41) is 2.28. The first-order valence-electron chi connectivity index (χ1n) is 5.58. The van der Waals surface area contributed by atoms with Gasteiger partial charge >= 0.3 is 0 Å². The Hall–Kier alpha value is -1.87. The molecule has 0 saturated carbocycles. The van der Waals surface area contributed by atoms with Gasteiger partial charge in [0.2, 0.25) is 10.0 Å². The second-order valence-corrected chi connectivity index (χ2v) is 6.56. The third kappa shape index (κ3) is 1.81. The largest absolute Gasteiger partial charge is 0.318 e. The number of benzene rings is 1. The van der Waals surface area contributed by atoms with Crippen molar-refractivity contribution in [3.8, 4) is 0 Å². The van der Waals surface area contributed by atoms with Crippen molar-refractivity contribution in [2.75, 3.05) is 18.4 Å². The minimum atomic E-state index is -4.07. The minimum absolute atomic E-state index is 0.0663. The van der Waals surface area contributed by atoms with Gasteiger partial charge in [0.25, 0.3) is 17.6 Å². The van der Waals surface area contributed by atoms with E-state index in [1.807, 2.05) is 0 Å². The average molecular weight is 302 g/mol. The summed E-state index contributed by atoms with van der Waals surface area (Å²) in [7, 11) is -4.07. The molecule has 1 N–H and O–H groups in total. The van der Waals surface area contributed by atoms with Crippen molar-refractivity contribution >= 4 is 27.4 Å². The van der Waals surface area contributed by atoms with E-state index < -0.39 is 40.7 Å². The third-order valence-corrected chi connectivity index (χ3v) is 4.93. The van der Waals surface area contributed by atoms with Gasteiger partial charge in [-0.3, -0.25) is 9.59 Å². The normalized spacial score (nSPS) is 21.3. The van der Waals surface area contributed by atoms with E-state index in [-0.39, 0.29) is 16.1 Å². The van der Waals surface area contributed by atoms with E-state index in [0.29, 0.717) is 4.31 Å². The monoisotopic (exact) mass is 302 g/mol. The molecule has 106 valence electrons. The summed E-state index contributed by atoms with van der Waals surface area (Å²) in [6, 6.07) is 3.47. The minimum Gasteiger partial charge on any atom is -0.318 e. The van der Waals surface area contributed by atoms with Gasteiger partial charge in [0.05, 0.1) is 29.2 Å². The lowest BCUT2D eigenvalue weighted by atomic mass is 10.1. The van der Waals surface area contributed by atoms with E-state index in [4.69, 9.17) is 0 Å². The molecule has 9 heteroatoms. The van der Waals surface area contributed by atoms with Crippen LogP contribution in [0, 0.1) is 0 Å². The fourth-order valence-electron chi connectivity index (χ4n) is 2.07. The highest BCUT2D eigenvalue weighted by Gasteiger charge is 2.50. The number of amides is 1. The summed E-state index contributed by atoms with van der Waals surface area (Å²) >= 11 is 0. The van der Waals surface area contributed by atoms with Crippen molar-refractivity contribution in [2.45, 2.75) is 10.8 Å². The maximum absolute atomic E-state index is 12.8. The molecule has 0 radical (unpaired) electrons. The van der Waals surface area contributed by atoms with Crippen LogP contribution in [0.2, 0.25) is 0 Å². The number of carbonyl (C=O) groups is 2. The molecule has 0 aromatic heterocycles. The standard InChI is InChI=1S/C11H8F2N2O4S/c12-11(13)4-15(5-11)20(18,19)6-1-2-8-7(3-6)9(16)10(17)14-8/h1-3H,4-5H2,(H,14,16,17). The Labute approximate surface area is 112 Å². The highest BCUT2D eigenvalue weighted by molar-refractivity contribution is 7.89. The van der Waals surface area contributed by atoms with Crippen molar-refractivity contribution < 1.29 is 26.8 Å². The number of nitrogens with zero attached hydrogens (tertiary/aromatic N) is 1. The summed E-state index contributed by atoms with van der Waals surface area (Å²) in [5.41, 5.74) is 0.149. The first kappa shape index (κ1) is 13.1. The maximum atomic E-state index is 12.8. The van der Waals surface area contributed by atoms with Gasteiger partial charge in [0.1, 0.15) is 0 Å². The molecule has 0 aliphatic carbocycles. The predicted octanol–water partition coefficient (Wildman–Crippen LogP) is 0.461. The Bertz CT molecular complexity index is 737. The van der Waals surface area contributed by atoms with E-state index in [1.54, 1.807) is 0 Å². The molecule has 3 rings (SSSR count). The van der Waals surface area contributed by atoms with Crippen LogP contribution in [0.4, 0.5) is 14.5 Å². The highest BCUT2D eigenvalue weighted by Crippen LogP contribution is 2.33. The zero-order chi connectivity index (χ0) is 14.7. The van der Waals surface area contributed by atoms with Gasteiger partial charge in [-0.15, -0.1) is 0 Å². The average Bonchev–Trinajstić information content (AvgIpc) is 2.62. The van der Waals surface area contributed by atoms with Gasteiger partial charge in [-0.25, -0.2) is 17.2 Å². The molecule has 0 spiro atoms. The molecule has 2 aliphatic heterocycles. The number of nitrogens with one attached hydrogen (secondary N) is 1. The zero-order valence-electron chi connectivity index (χ0n) is 9.89. The van der Waals surface area contributed by atoms with Crippen LogP contribution < -0.4 is 5.32 Å². The number of carbonyl (C=O) groups excluding carboxylic acids is 2. The Balaban J connectivity index is 1.97. The third-order valence-electron chi connectivity index (χ3n) is 3.14.